The largest absolute Gasteiger partial charge is 0.495 e. The van der Waals surface area contributed by atoms with Crippen LogP contribution in [0.4, 0.5) is 10.1 Å². The number of benzene rings is 2. The van der Waals surface area contributed by atoms with Gasteiger partial charge in [0, 0.05) is 23.8 Å². The van der Waals surface area contributed by atoms with E-state index in [0.717, 1.165) is 10.1 Å². The highest BCUT2D eigenvalue weighted by Crippen LogP contribution is 2.30. The summed E-state index contributed by atoms with van der Waals surface area (Å²) in [5.41, 5.74) is 0.706. The summed E-state index contributed by atoms with van der Waals surface area (Å²) in [6.45, 7) is 3.54. The van der Waals surface area contributed by atoms with E-state index in [1.807, 2.05) is 24.3 Å². The quantitative estimate of drug-likeness (QED) is 0.679. The molecule has 0 bridgehead atoms. The molecular formula is C20H19FN2O3S. The van der Waals surface area contributed by atoms with E-state index in [0.29, 0.717) is 0 Å². The maximum Gasteiger partial charge on any atom is 0.276 e. The molecular weight excluding hydrogens is 367 g/mol. The number of halogens is 1. The van der Waals surface area contributed by atoms with Gasteiger partial charge in [0.05, 0.1) is 17.5 Å². The number of aromatic nitrogens is 1. The van der Waals surface area contributed by atoms with Crippen molar-refractivity contribution in [1.82, 2.24) is 4.37 Å². The average molecular weight is 386 g/mol. The third kappa shape index (κ3) is 3.98. The highest BCUT2D eigenvalue weighted by Gasteiger charge is 2.19. The van der Waals surface area contributed by atoms with Crippen LogP contribution in [0.1, 0.15) is 29.9 Å². The fourth-order valence-electron chi connectivity index (χ4n) is 2.62. The van der Waals surface area contributed by atoms with Crippen molar-refractivity contribution >= 4 is 39.0 Å². The van der Waals surface area contributed by atoms with Crippen molar-refractivity contribution in [2.75, 3.05) is 12.4 Å². The Balaban J connectivity index is 1.89. The zero-order valence-corrected chi connectivity index (χ0v) is 16.0. The molecule has 7 heteroatoms. The van der Waals surface area contributed by atoms with Crippen LogP contribution in [0.5, 0.6) is 5.75 Å². The molecule has 0 spiro atoms. The lowest BCUT2D eigenvalue weighted by atomic mass is 10.00. The molecule has 1 heterocycles. The van der Waals surface area contributed by atoms with Crippen LogP contribution < -0.4 is 10.1 Å². The zero-order valence-electron chi connectivity index (χ0n) is 15.2. The summed E-state index contributed by atoms with van der Waals surface area (Å²) in [7, 11) is 1.43. The number of hydrogen-bond donors (Lipinski definition) is 1. The number of hydrogen-bond acceptors (Lipinski definition) is 5. The van der Waals surface area contributed by atoms with Crippen LogP contribution in [-0.4, -0.2) is 23.2 Å². The molecule has 1 amide bonds. The van der Waals surface area contributed by atoms with E-state index >= 15 is 0 Å². The SMILES string of the molecule is COc1cc(CC(=O)C(C)C)c(F)cc1NC(=O)c1nsc2ccccc12. The summed E-state index contributed by atoms with van der Waals surface area (Å²) in [6, 6.07) is 10.0. The number of rotatable bonds is 6. The first kappa shape index (κ1) is 19.0. The van der Waals surface area contributed by atoms with E-state index < -0.39 is 11.7 Å². The molecule has 2 aromatic carbocycles. The second-order valence-electron chi connectivity index (χ2n) is 6.42. The van der Waals surface area contributed by atoms with Crippen molar-refractivity contribution in [3.05, 3.63) is 53.5 Å². The third-order valence-corrected chi connectivity index (χ3v) is 5.04. The van der Waals surface area contributed by atoms with E-state index in [4.69, 9.17) is 4.74 Å². The minimum absolute atomic E-state index is 0.0230. The molecule has 0 aliphatic rings. The van der Waals surface area contributed by atoms with E-state index in [1.54, 1.807) is 13.8 Å². The maximum absolute atomic E-state index is 14.5. The number of ketones is 1. The highest BCUT2D eigenvalue weighted by molar-refractivity contribution is 7.13. The second-order valence-corrected chi connectivity index (χ2v) is 7.23. The van der Waals surface area contributed by atoms with Crippen LogP contribution in [0.25, 0.3) is 10.1 Å². The standard InChI is InChI=1S/C20H19FN2O3S/c1-11(2)16(24)8-12-9-17(26-3)15(10-14(12)21)22-20(25)19-13-6-4-5-7-18(13)27-23-19/h4-7,9-11H,8H2,1-3H3,(H,22,25). The van der Waals surface area contributed by atoms with Crippen molar-refractivity contribution in [3.63, 3.8) is 0 Å². The predicted octanol–water partition coefficient (Wildman–Crippen LogP) is 4.46. The molecule has 0 fully saturated rings. The van der Waals surface area contributed by atoms with Gasteiger partial charge in [0.25, 0.3) is 5.91 Å². The number of fused-ring (bicyclic) bond motifs is 1. The molecule has 0 saturated heterocycles. The molecule has 0 aliphatic carbocycles. The Morgan fingerprint density at radius 2 is 2.00 bits per heavy atom. The average Bonchev–Trinajstić information content (AvgIpc) is 3.07. The number of ether oxygens (including phenoxy) is 1. The summed E-state index contributed by atoms with van der Waals surface area (Å²) in [5, 5.41) is 3.39. The number of carbonyl (C=O) groups excluding carboxylic acids is 2. The van der Waals surface area contributed by atoms with Crippen LogP contribution in [0.2, 0.25) is 0 Å². The van der Waals surface area contributed by atoms with Crippen molar-refractivity contribution in [2.45, 2.75) is 20.3 Å². The van der Waals surface area contributed by atoms with Gasteiger partial charge in [-0.25, -0.2) is 4.39 Å². The summed E-state index contributed by atoms with van der Waals surface area (Å²) in [4.78, 5) is 24.5. The minimum Gasteiger partial charge on any atom is -0.495 e. The van der Waals surface area contributed by atoms with Crippen LogP contribution in [0.15, 0.2) is 36.4 Å². The molecule has 0 saturated carbocycles. The summed E-state index contributed by atoms with van der Waals surface area (Å²) in [6.07, 6.45) is -0.0230. The lowest BCUT2D eigenvalue weighted by Crippen LogP contribution is -2.15. The van der Waals surface area contributed by atoms with Gasteiger partial charge >= 0.3 is 0 Å². The molecule has 3 rings (SSSR count). The van der Waals surface area contributed by atoms with E-state index in [9.17, 15) is 14.0 Å². The third-order valence-electron chi connectivity index (χ3n) is 4.22. The van der Waals surface area contributed by atoms with E-state index in [2.05, 4.69) is 9.69 Å². The van der Waals surface area contributed by atoms with Gasteiger partial charge in [0.1, 0.15) is 23.0 Å². The van der Waals surface area contributed by atoms with E-state index in [1.165, 1.54) is 30.8 Å². The second kappa shape index (κ2) is 7.84. The van der Waals surface area contributed by atoms with Gasteiger partial charge in [-0.3, -0.25) is 9.59 Å². The maximum atomic E-state index is 14.5. The first-order valence-corrected chi connectivity index (χ1v) is 9.23. The minimum atomic E-state index is -0.566. The van der Waals surface area contributed by atoms with Gasteiger partial charge in [0.15, 0.2) is 0 Å². The predicted molar refractivity (Wildman–Crippen MR) is 104 cm³/mol. The molecule has 0 atom stereocenters. The molecule has 1 aromatic heterocycles. The molecule has 3 aromatic rings. The van der Waals surface area contributed by atoms with E-state index in [-0.39, 0.29) is 40.8 Å². The summed E-state index contributed by atoms with van der Waals surface area (Å²) >= 11 is 1.22. The number of anilines is 1. The molecule has 27 heavy (non-hydrogen) atoms. The number of nitrogens with zero attached hydrogens (tertiary/aromatic N) is 1. The Bertz CT molecular complexity index is 1010. The van der Waals surface area contributed by atoms with Crippen LogP contribution in [-0.2, 0) is 11.2 Å². The Hall–Kier alpha value is -2.80. The van der Waals surface area contributed by atoms with Crippen LogP contribution in [0, 0.1) is 11.7 Å². The van der Waals surface area contributed by atoms with Gasteiger partial charge in [-0.15, -0.1) is 0 Å². The van der Waals surface area contributed by atoms with Gasteiger partial charge < -0.3 is 10.1 Å². The van der Waals surface area contributed by atoms with Crippen LogP contribution >= 0.6 is 11.5 Å². The lowest BCUT2D eigenvalue weighted by molar-refractivity contribution is -0.121. The highest BCUT2D eigenvalue weighted by atomic mass is 32.1. The normalized spacial score (nSPS) is 11.0. The molecule has 0 radical (unpaired) electrons. The summed E-state index contributed by atoms with van der Waals surface area (Å²) in [5.74, 6) is -0.982. The Labute approximate surface area is 160 Å². The fraction of sp³-hybridized carbons (Fsp3) is 0.250. The molecule has 5 nitrogen and oxygen atoms in total. The topological polar surface area (TPSA) is 68.3 Å². The Morgan fingerprint density at radius 1 is 1.26 bits per heavy atom. The van der Waals surface area contributed by atoms with Crippen molar-refractivity contribution in [2.24, 2.45) is 5.92 Å². The molecule has 1 N–H and O–H groups in total. The lowest BCUT2D eigenvalue weighted by Gasteiger charge is -2.13. The molecule has 0 unspecified atom stereocenters. The number of Topliss-reactive ketones (excluding diaryl/α,β-unsaturated/α-hetero) is 1. The van der Waals surface area contributed by atoms with Crippen LogP contribution in [0.3, 0.4) is 0 Å². The number of carbonyl (C=O) groups is 2. The number of methoxy groups -OCH3 is 1. The van der Waals surface area contributed by atoms with Crippen molar-refractivity contribution in [1.29, 1.82) is 0 Å². The van der Waals surface area contributed by atoms with Gasteiger partial charge in [-0.1, -0.05) is 32.0 Å². The number of nitrogens with one attached hydrogen (secondary N) is 1. The first-order chi connectivity index (χ1) is 12.9. The van der Waals surface area contributed by atoms with Gasteiger partial charge in [0.2, 0.25) is 0 Å². The van der Waals surface area contributed by atoms with Gasteiger partial charge in [-0.05, 0) is 29.2 Å². The fourth-order valence-corrected chi connectivity index (χ4v) is 3.39. The molecule has 140 valence electrons. The first-order valence-electron chi connectivity index (χ1n) is 8.45. The Kier molecular flexibility index (Phi) is 5.51. The van der Waals surface area contributed by atoms with Gasteiger partial charge in [-0.2, -0.15) is 4.37 Å². The summed E-state index contributed by atoms with van der Waals surface area (Å²) < 4.78 is 24.8. The Morgan fingerprint density at radius 3 is 2.70 bits per heavy atom. The number of amides is 1. The van der Waals surface area contributed by atoms with Crippen molar-refractivity contribution < 1.29 is 18.7 Å². The monoisotopic (exact) mass is 386 g/mol. The molecule has 0 aliphatic heterocycles. The zero-order chi connectivity index (χ0) is 19.6. The van der Waals surface area contributed by atoms with Crippen molar-refractivity contribution in [3.8, 4) is 5.75 Å². The smallest absolute Gasteiger partial charge is 0.276 e.